The van der Waals surface area contributed by atoms with Crippen molar-refractivity contribution < 1.29 is 9.26 Å². The first-order valence-corrected chi connectivity index (χ1v) is 10.7. The van der Waals surface area contributed by atoms with E-state index in [1.54, 1.807) is 0 Å². The molecule has 1 aromatic carbocycles. The van der Waals surface area contributed by atoms with Gasteiger partial charge in [-0.05, 0) is 0 Å². The molecule has 0 spiro atoms. The number of benzene rings is 1. The number of hydrogen-bond donors (Lipinski definition) is 0. The van der Waals surface area contributed by atoms with Crippen LogP contribution in [0, 0.1) is 3.57 Å². The molecule has 2 nitrogen and oxygen atoms in total. The first-order chi connectivity index (χ1) is 7.63. The summed E-state index contributed by atoms with van der Waals surface area (Å²) in [5.41, 5.74) is 0. The summed E-state index contributed by atoms with van der Waals surface area (Å²) in [4.78, 5) is 0. The van der Waals surface area contributed by atoms with Gasteiger partial charge in [0.2, 0.25) is 0 Å². The molecule has 4 heteroatoms. The summed E-state index contributed by atoms with van der Waals surface area (Å²) in [5.74, 6) is 0.934. The summed E-state index contributed by atoms with van der Waals surface area (Å²) in [7, 11) is 0. The summed E-state index contributed by atoms with van der Waals surface area (Å²) in [6, 6.07) is 8.04. The maximum atomic E-state index is 5.99. The van der Waals surface area contributed by atoms with Crippen molar-refractivity contribution in [3.8, 4) is 5.75 Å². The van der Waals surface area contributed by atoms with E-state index in [0.29, 0.717) is 6.61 Å². The molecule has 0 aliphatic heterocycles. The molecule has 0 amide bonds. The molecule has 0 aliphatic carbocycles. The Balaban J connectivity index is 2.51. The van der Waals surface area contributed by atoms with E-state index in [1.807, 2.05) is 31.2 Å². The quantitative estimate of drug-likeness (QED) is 0.577. The first kappa shape index (κ1) is 15.2. The van der Waals surface area contributed by atoms with Crippen molar-refractivity contribution >= 4 is 29.4 Å². The number of hydrogen-bond acceptors (Lipinski definition) is 2. The Hall–Kier alpha value is 0.140. The molecule has 0 fully saturated rings. The van der Waals surface area contributed by atoms with Gasteiger partial charge < -0.3 is 0 Å². The molecule has 0 heterocycles. The number of halogens is 1. The fourth-order valence-electron chi connectivity index (χ4n) is 1.19. The molecule has 0 saturated heterocycles. The van der Waals surface area contributed by atoms with Gasteiger partial charge in [-0.15, -0.1) is 0 Å². The summed E-state index contributed by atoms with van der Waals surface area (Å²) >= 11 is 2.28. The van der Waals surface area contributed by atoms with Crippen molar-refractivity contribution in [2.75, 3.05) is 33.3 Å². The second kappa shape index (κ2) is 5.41. The van der Waals surface area contributed by atoms with Crippen LogP contribution in [0.4, 0.5) is 0 Å². The Labute approximate surface area is 118 Å². The van der Waals surface area contributed by atoms with Crippen molar-refractivity contribution in [3.63, 3.8) is 0 Å². The van der Waals surface area contributed by atoms with Crippen LogP contribution < -0.4 is 4.74 Å². The van der Waals surface area contributed by atoms with Crippen LogP contribution in [0.1, 0.15) is 6.92 Å². The average molecular weight is 368 g/mol. The van der Waals surface area contributed by atoms with Crippen molar-refractivity contribution in [1.82, 2.24) is 0 Å². The van der Waals surface area contributed by atoms with Gasteiger partial charge in [0.15, 0.2) is 0 Å². The zero-order chi connectivity index (χ0) is 13.1. The van der Waals surface area contributed by atoms with Crippen LogP contribution >= 0.6 is 29.4 Å². The molecule has 0 bridgehead atoms. The number of ether oxygens (including phenoxy) is 1. The SMILES string of the molecule is CC(COP(C)(C)(C)C)Oc1ccccc1I. The summed E-state index contributed by atoms with van der Waals surface area (Å²) in [6.07, 6.45) is 0.0761. The first-order valence-electron chi connectivity index (χ1n) is 5.70. The average Bonchev–Trinajstić information content (AvgIpc) is 2.17. The van der Waals surface area contributed by atoms with Gasteiger partial charge in [-0.3, -0.25) is 0 Å². The summed E-state index contributed by atoms with van der Waals surface area (Å²) < 4.78 is 13.0. The monoisotopic (exact) mass is 368 g/mol. The van der Waals surface area contributed by atoms with Crippen LogP contribution in [0.3, 0.4) is 0 Å². The Kier molecular flexibility index (Phi) is 4.84. The molecule has 0 radical (unpaired) electrons. The predicted molar refractivity (Wildman–Crippen MR) is 85.8 cm³/mol. The van der Waals surface area contributed by atoms with Gasteiger partial charge in [-0.1, -0.05) is 0 Å². The normalized spacial score (nSPS) is 16.0. The van der Waals surface area contributed by atoms with E-state index in [-0.39, 0.29) is 6.10 Å². The van der Waals surface area contributed by atoms with Crippen molar-refractivity contribution in [3.05, 3.63) is 27.8 Å². The molecular weight excluding hydrogens is 346 g/mol. The fraction of sp³-hybridized carbons (Fsp3) is 0.538. The van der Waals surface area contributed by atoms with Crippen LogP contribution in [-0.2, 0) is 4.52 Å². The van der Waals surface area contributed by atoms with Gasteiger partial charge in [0.1, 0.15) is 0 Å². The van der Waals surface area contributed by atoms with Crippen LogP contribution in [0.15, 0.2) is 24.3 Å². The van der Waals surface area contributed by atoms with E-state index in [2.05, 4.69) is 49.3 Å². The zero-order valence-electron chi connectivity index (χ0n) is 11.2. The number of para-hydroxylation sites is 1. The van der Waals surface area contributed by atoms with E-state index in [4.69, 9.17) is 9.26 Å². The minimum absolute atomic E-state index is 0.0761. The second-order valence-corrected chi connectivity index (χ2v) is 14.3. The van der Waals surface area contributed by atoms with Gasteiger partial charge >= 0.3 is 119 Å². The Bertz CT molecular complexity index is 375. The van der Waals surface area contributed by atoms with Gasteiger partial charge in [-0.25, -0.2) is 0 Å². The van der Waals surface area contributed by atoms with Gasteiger partial charge in [-0.2, -0.15) is 0 Å². The van der Waals surface area contributed by atoms with Crippen molar-refractivity contribution in [2.45, 2.75) is 13.0 Å². The minimum atomic E-state index is -1.89. The molecule has 17 heavy (non-hydrogen) atoms. The third kappa shape index (κ3) is 6.58. The van der Waals surface area contributed by atoms with Gasteiger partial charge in [0.25, 0.3) is 0 Å². The molecule has 0 saturated carbocycles. The molecule has 0 aromatic heterocycles. The number of rotatable bonds is 5. The molecule has 1 atom stereocenters. The summed E-state index contributed by atoms with van der Waals surface area (Å²) in [6.45, 7) is 9.59. The van der Waals surface area contributed by atoms with Gasteiger partial charge in [0.05, 0.1) is 0 Å². The van der Waals surface area contributed by atoms with E-state index in [9.17, 15) is 0 Å². The third-order valence-electron chi connectivity index (χ3n) is 1.99. The molecule has 0 aliphatic rings. The van der Waals surface area contributed by atoms with Crippen molar-refractivity contribution in [2.24, 2.45) is 0 Å². The zero-order valence-corrected chi connectivity index (χ0v) is 14.3. The van der Waals surface area contributed by atoms with Crippen LogP contribution in [0.2, 0.25) is 0 Å². The second-order valence-electron chi connectivity index (χ2n) is 6.07. The Morgan fingerprint density at radius 3 is 2.29 bits per heavy atom. The van der Waals surface area contributed by atoms with Crippen LogP contribution in [0.5, 0.6) is 5.75 Å². The molecule has 1 rings (SSSR count). The standard InChI is InChI=1S/C13H22IO2P/c1-11(10-15-17(2,3,4)5)16-13-9-7-6-8-12(13)14/h6-9,11H,10H2,1-5H3. The third-order valence-corrected chi connectivity index (χ3v) is 4.06. The molecular formula is C13H22IO2P. The predicted octanol–water partition coefficient (Wildman–Crippen LogP) is 4.06. The molecule has 1 aromatic rings. The van der Waals surface area contributed by atoms with E-state index in [0.717, 1.165) is 9.32 Å². The summed E-state index contributed by atoms with van der Waals surface area (Å²) in [5, 5.41) is 0. The van der Waals surface area contributed by atoms with Gasteiger partial charge in [0, 0.05) is 0 Å². The Morgan fingerprint density at radius 1 is 1.18 bits per heavy atom. The van der Waals surface area contributed by atoms with E-state index in [1.165, 1.54) is 0 Å². The van der Waals surface area contributed by atoms with Crippen LogP contribution in [-0.4, -0.2) is 39.4 Å². The fourth-order valence-corrected chi connectivity index (χ4v) is 2.51. The van der Waals surface area contributed by atoms with E-state index < -0.39 is 6.83 Å². The van der Waals surface area contributed by atoms with E-state index >= 15 is 0 Å². The molecule has 1 unspecified atom stereocenters. The van der Waals surface area contributed by atoms with Crippen LogP contribution in [0.25, 0.3) is 0 Å². The molecule has 98 valence electrons. The maximum absolute atomic E-state index is 5.99. The Morgan fingerprint density at radius 2 is 1.76 bits per heavy atom. The topological polar surface area (TPSA) is 18.5 Å². The molecule has 0 N–H and O–H groups in total. The van der Waals surface area contributed by atoms with Crippen molar-refractivity contribution in [1.29, 1.82) is 0 Å².